The lowest BCUT2D eigenvalue weighted by molar-refractivity contribution is 0.174. The van der Waals surface area contributed by atoms with Crippen LogP contribution >= 0.6 is 0 Å². The molecule has 4 heteroatoms. The third-order valence-electron chi connectivity index (χ3n) is 2.32. The zero-order valence-corrected chi connectivity index (χ0v) is 9.17. The van der Waals surface area contributed by atoms with Crippen LogP contribution in [0.5, 0.6) is 0 Å². The summed E-state index contributed by atoms with van der Waals surface area (Å²) < 4.78 is 1.92. The second kappa shape index (κ2) is 4.37. The van der Waals surface area contributed by atoms with Gasteiger partial charge in [-0.1, -0.05) is 12.1 Å². The molecule has 1 unspecified atom stereocenters. The molecule has 3 N–H and O–H groups in total. The van der Waals surface area contributed by atoms with E-state index in [1.54, 1.807) is 13.1 Å². The Morgan fingerprint density at radius 3 is 3.00 bits per heavy atom. The minimum atomic E-state index is -0.394. The van der Waals surface area contributed by atoms with Crippen LogP contribution in [0.1, 0.15) is 6.92 Å². The second-order valence-electron chi connectivity index (χ2n) is 3.88. The minimum Gasteiger partial charge on any atom is -0.399 e. The maximum Gasteiger partial charge on any atom is 0.140 e. The smallest absolute Gasteiger partial charge is 0.140 e. The van der Waals surface area contributed by atoms with Crippen LogP contribution in [0.2, 0.25) is 0 Å². The van der Waals surface area contributed by atoms with E-state index in [9.17, 15) is 5.11 Å². The van der Waals surface area contributed by atoms with Gasteiger partial charge < -0.3 is 15.4 Å². The number of aliphatic hydroxyl groups excluding tert-OH is 1. The SMILES string of the molecule is CC(O)Cn1ccnc1-c1cccc(N)c1. The third kappa shape index (κ3) is 2.23. The highest BCUT2D eigenvalue weighted by molar-refractivity contribution is 5.61. The van der Waals surface area contributed by atoms with Gasteiger partial charge in [0.15, 0.2) is 0 Å². The van der Waals surface area contributed by atoms with Crippen molar-refractivity contribution in [3.05, 3.63) is 36.7 Å². The van der Waals surface area contributed by atoms with Crippen molar-refractivity contribution >= 4 is 5.69 Å². The van der Waals surface area contributed by atoms with Gasteiger partial charge in [-0.3, -0.25) is 0 Å². The van der Waals surface area contributed by atoms with Crippen LogP contribution in [0.15, 0.2) is 36.7 Å². The van der Waals surface area contributed by atoms with Crippen molar-refractivity contribution in [1.82, 2.24) is 9.55 Å². The predicted octanol–water partition coefficient (Wildman–Crippen LogP) is 1.51. The summed E-state index contributed by atoms with van der Waals surface area (Å²) in [4.78, 5) is 4.28. The minimum absolute atomic E-state index is 0.394. The van der Waals surface area contributed by atoms with E-state index >= 15 is 0 Å². The monoisotopic (exact) mass is 217 g/mol. The van der Waals surface area contributed by atoms with E-state index in [4.69, 9.17) is 5.73 Å². The number of nitrogens with zero attached hydrogens (tertiary/aromatic N) is 2. The van der Waals surface area contributed by atoms with Crippen LogP contribution in [0.3, 0.4) is 0 Å². The maximum atomic E-state index is 9.38. The molecule has 16 heavy (non-hydrogen) atoms. The van der Waals surface area contributed by atoms with Crippen molar-refractivity contribution in [2.45, 2.75) is 19.6 Å². The van der Waals surface area contributed by atoms with Crippen LogP contribution in [0.4, 0.5) is 5.69 Å². The number of nitrogen functional groups attached to an aromatic ring is 1. The average Bonchev–Trinajstić information content (AvgIpc) is 2.65. The normalized spacial score (nSPS) is 12.6. The first kappa shape index (κ1) is 10.7. The molecule has 0 aliphatic rings. The summed E-state index contributed by atoms with van der Waals surface area (Å²) in [6, 6.07) is 7.57. The topological polar surface area (TPSA) is 64.1 Å². The zero-order chi connectivity index (χ0) is 11.5. The van der Waals surface area contributed by atoms with Gasteiger partial charge in [-0.2, -0.15) is 0 Å². The Balaban J connectivity index is 2.37. The summed E-state index contributed by atoms with van der Waals surface area (Å²) in [5.41, 5.74) is 7.41. The highest BCUT2D eigenvalue weighted by Gasteiger charge is 2.07. The number of benzene rings is 1. The molecular weight excluding hydrogens is 202 g/mol. The summed E-state index contributed by atoms with van der Waals surface area (Å²) in [7, 11) is 0. The molecule has 4 nitrogen and oxygen atoms in total. The third-order valence-corrected chi connectivity index (χ3v) is 2.32. The van der Waals surface area contributed by atoms with Crippen LogP contribution in [-0.4, -0.2) is 20.8 Å². The van der Waals surface area contributed by atoms with Crippen molar-refractivity contribution in [3.8, 4) is 11.4 Å². The molecule has 0 fully saturated rings. The number of anilines is 1. The van der Waals surface area contributed by atoms with Gasteiger partial charge in [0, 0.05) is 30.2 Å². The number of aliphatic hydroxyl groups is 1. The molecule has 1 atom stereocenters. The zero-order valence-electron chi connectivity index (χ0n) is 9.17. The number of rotatable bonds is 3. The van der Waals surface area contributed by atoms with Crippen molar-refractivity contribution in [2.75, 3.05) is 5.73 Å². The van der Waals surface area contributed by atoms with Crippen LogP contribution in [-0.2, 0) is 6.54 Å². The van der Waals surface area contributed by atoms with E-state index in [2.05, 4.69) is 4.98 Å². The number of imidazole rings is 1. The van der Waals surface area contributed by atoms with Crippen LogP contribution in [0.25, 0.3) is 11.4 Å². The largest absolute Gasteiger partial charge is 0.399 e. The fraction of sp³-hybridized carbons (Fsp3) is 0.250. The van der Waals surface area contributed by atoms with E-state index in [0.29, 0.717) is 12.2 Å². The number of nitrogens with two attached hydrogens (primary N) is 1. The predicted molar refractivity (Wildman–Crippen MR) is 63.8 cm³/mol. The van der Waals surface area contributed by atoms with Gasteiger partial charge in [0.25, 0.3) is 0 Å². The molecular formula is C12H15N3O. The van der Waals surface area contributed by atoms with Crippen LogP contribution < -0.4 is 5.73 Å². The highest BCUT2D eigenvalue weighted by Crippen LogP contribution is 2.19. The summed E-state index contributed by atoms with van der Waals surface area (Å²) in [6.07, 6.45) is 3.18. The molecule has 84 valence electrons. The Bertz CT molecular complexity index is 477. The van der Waals surface area contributed by atoms with E-state index in [0.717, 1.165) is 11.4 Å². The summed E-state index contributed by atoms with van der Waals surface area (Å²) >= 11 is 0. The molecule has 1 heterocycles. The number of aromatic nitrogens is 2. The second-order valence-corrected chi connectivity index (χ2v) is 3.88. The Morgan fingerprint density at radius 2 is 2.31 bits per heavy atom. The van der Waals surface area contributed by atoms with Gasteiger partial charge in [-0.25, -0.2) is 4.98 Å². The molecule has 0 saturated heterocycles. The van der Waals surface area contributed by atoms with Crippen LogP contribution in [0, 0.1) is 0 Å². The Morgan fingerprint density at radius 1 is 1.50 bits per heavy atom. The van der Waals surface area contributed by atoms with Gasteiger partial charge in [-0.15, -0.1) is 0 Å². The molecule has 0 radical (unpaired) electrons. The summed E-state index contributed by atoms with van der Waals surface area (Å²) in [6.45, 7) is 2.28. The molecule has 1 aromatic heterocycles. The highest BCUT2D eigenvalue weighted by atomic mass is 16.3. The molecule has 0 bridgehead atoms. The standard InChI is InChI=1S/C12H15N3O/c1-9(16)8-15-6-5-14-12(15)10-3-2-4-11(13)7-10/h2-7,9,16H,8,13H2,1H3. The summed E-state index contributed by atoms with van der Waals surface area (Å²) in [5.74, 6) is 0.827. The fourth-order valence-electron chi connectivity index (χ4n) is 1.68. The first-order valence-corrected chi connectivity index (χ1v) is 5.22. The van der Waals surface area contributed by atoms with Crippen molar-refractivity contribution in [2.24, 2.45) is 0 Å². The average molecular weight is 217 g/mol. The number of hydrogen-bond acceptors (Lipinski definition) is 3. The lowest BCUT2D eigenvalue weighted by Crippen LogP contribution is -2.12. The molecule has 2 rings (SSSR count). The molecule has 2 aromatic rings. The van der Waals surface area contributed by atoms with Gasteiger partial charge in [0.2, 0.25) is 0 Å². The van der Waals surface area contributed by atoms with E-state index in [1.807, 2.05) is 35.0 Å². The van der Waals surface area contributed by atoms with Crippen molar-refractivity contribution < 1.29 is 5.11 Å². The summed E-state index contributed by atoms with van der Waals surface area (Å²) in [5, 5.41) is 9.38. The van der Waals surface area contributed by atoms with Gasteiger partial charge in [-0.05, 0) is 19.1 Å². The van der Waals surface area contributed by atoms with E-state index < -0.39 is 6.10 Å². The van der Waals surface area contributed by atoms with Gasteiger partial charge in [0.1, 0.15) is 5.82 Å². The van der Waals surface area contributed by atoms with Gasteiger partial charge >= 0.3 is 0 Å². The number of hydrogen-bond donors (Lipinski definition) is 2. The lowest BCUT2D eigenvalue weighted by Gasteiger charge is -2.09. The first-order chi connectivity index (χ1) is 7.66. The molecule has 0 amide bonds. The van der Waals surface area contributed by atoms with Crippen molar-refractivity contribution in [3.63, 3.8) is 0 Å². The van der Waals surface area contributed by atoms with Crippen molar-refractivity contribution in [1.29, 1.82) is 0 Å². The van der Waals surface area contributed by atoms with E-state index in [-0.39, 0.29) is 0 Å². The molecule has 0 saturated carbocycles. The van der Waals surface area contributed by atoms with Gasteiger partial charge in [0.05, 0.1) is 6.10 Å². The first-order valence-electron chi connectivity index (χ1n) is 5.22. The molecule has 0 aliphatic heterocycles. The maximum absolute atomic E-state index is 9.38. The Hall–Kier alpha value is -1.81. The van der Waals surface area contributed by atoms with E-state index in [1.165, 1.54) is 0 Å². The Kier molecular flexibility index (Phi) is 2.92. The Labute approximate surface area is 94.4 Å². The molecule has 1 aromatic carbocycles. The quantitative estimate of drug-likeness (QED) is 0.766. The molecule has 0 spiro atoms. The fourth-order valence-corrected chi connectivity index (χ4v) is 1.68. The molecule has 0 aliphatic carbocycles. The lowest BCUT2D eigenvalue weighted by atomic mass is 10.2.